The minimum absolute atomic E-state index is 0.127. The molecule has 15 heavy (non-hydrogen) atoms. The van der Waals surface area contributed by atoms with Gasteiger partial charge in [-0.1, -0.05) is 12.6 Å². The molecule has 1 aliphatic rings. The van der Waals surface area contributed by atoms with Gasteiger partial charge in [-0.3, -0.25) is 4.79 Å². The van der Waals surface area contributed by atoms with Gasteiger partial charge in [0.2, 0.25) is 0 Å². The highest BCUT2D eigenvalue weighted by Gasteiger charge is 2.36. The summed E-state index contributed by atoms with van der Waals surface area (Å²) < 4.78 is 0. The van der Waals surface area contributed by atoms with E-state index < -0.39 is 0 Å². The van der Waals surface area contributed by atoms with Gasteiger partial charge in [0.1, 0.15) is 7.85 Å². The minimum atomic E-state index is -0.127. The van der Waals surface area contributed by atoms with Crippen molar-refractivity contribution in [1.29, 1.82) is 0 Å². The first kappa shape index (κ1) is 13.0. The summed E-state index contributed by atoms with van der Waals surface area (Å²) in [6.45, 7) is 1.03. The largest absolute Gasteiger partial charge is 0.362 e. The van der Waals surface area contributed by atoms with E-state index >= 15 is 0 Å². The van der Waals surface area contributed by atoms with Gasteiger partial charge >= 0.3 is 0 Å². The van der Waals surface area contributed by atoms with Gasteiger partial charge in [0.25, 0.3) is 5.24 Å². The number of nitrogens with one attached hydrogen (secondary N) is 1. The maximum absolute atomic E-state index is 11.2. The summed E-state index contributed by atoms with van der Waals surface area (Å²) in [5, 5.41) is 3.05. The lowest BCUT2D eigenvalue weighted by atomic mass is 9.78. The second kappa shape index (κ2) is 5.85. The summed E-state index contributed by atoms with van der Waals surface area (Å²) in [5.74, 6) is 1.75. The number of hydrogen-bond donors (Lipinski definition) is 2. The zero-order chi connectivity index (χ0) is 11.4. The molecule has 84 valence electrons. The van der Waals surface area contributed by atoms with Crippen molar-refractivity contribution in [3.8, 4) is 0 Å². The van der Waals surface area contributed by atoms with E-state index in [4.69, 9.17) is 0 Å². The van der Waals surface area contributed by atoms with Crippen molar-refractivity contribution in [3.63, 3.8) is 0 Å². The third-order valence-corrected chi connectivity index (χ3v) is 3.80. The van der Waals surface area contributed by atoms with Crippen molar-refractivity contribution >= 4 is 33.7 Å². The molecule has 2 atom stereocenters. The lowest BCUT2D eigenvalue weighted by Crippen LogP contribution is -2.41. The molecule has 0 spiro atoms. The fraction of sp³-hybridized carbons (Fsp3) is 0.889. The first-order valence-electron chi connectivity index (χ1n) is 5.68. The topological polar surface area (TPSA) is 32.3 Å². The van der Waals surface area contributed by atoms with Crippen LogP contribution in [0.4, 0.5) is 4.79 Å². The lowest BCUT2D eigenvalue weighted by Gasteiger charge is -2.31. The van der Waals surface area contributed by atoms with Crippen LogP contribution in [0.25, 0.3) is 0 Å². The van der Waals surface area contributed by atoms with Crippen LogP contribution < -0.4 is 5.23 Å². The summed E-state index contributed by atoms with van der Waals surface area (Å²) in [4.78, 5) is 12.9. The van der Waals surface area contributed by atoms with Gasteiger partial charge in [-0.2, -0.15) is 0 Å². The van der Waals surface area contributed by atoms with Crippen LogP contribution in [-0.2, 0) is 0 Å². The quantitative estimate of drug-likeness (QED) is 0.471. The third kappa shape index (κ3) is 3.76. The van der Waals surface area contributed by atoms with Gasteiger partial charge < -0.3 is 10.1 Å². The molecule has 1 amide bonds. The third-order valence-electron chi connectivity index (χ3n) is 3.49. The minimum Gasteiger partial charge on any atom is -0.362 e. The van der Waals surface area contributed by atoms with E-state index in [1.807, 2.05) is 15.0 Å². The van der Waals surface area contributed by atoms with E-state index in [0.717, 1.165) is 18.9 Å². The van der Waals surface area contributed by atoms with E-state index in [-0.39, 0.29) is 5.24 Å². The van der Waals surface area contributed by atoms with Crippen molar-refractivity contribution in [2.45, 2.75) is 25.2 Å². The molecule has 2 unspecified atom stereocenters. The molecule has 6 heteroatoms. The van der Waals surface area contributed by atoms with Crippen LogP contribution in [0, 0.1) is 11.8 Å². The molecule has 0 heterocycles. The van der Waals surface area contributed by atoms with Gasteiger partial charge in [-0.15, -0.1) is 0 Å². The smallest absolute Gasteiger partial charge is 0.277 e. The van der Waals surface area contributed by atoms with Crippen LogP contribution in [0.5, 0.6) is 0 Å². The molecule has 1 rings (SSSR count). The maximum atomic E-state index is 11.2. The Bertz CT molecular complexity index is 226. The molecule has 1 N–H and O–H groups in total. The zero-order valence-electron chi connectivity index (χ0n) is 9.86. The monoisotopic (exact) mass is 226 g/mol. The Labute approximate surface area is 99.6 Å². The van der Waals surface area contributed by atoms with E-state index in [1.165, 1.54) is 12.8 Å². The second-order valence-corrected chi connectivity index (χ2v) is 4.91. The highest BCUT2D eigenvalue weighted by Crippen LogP contribution is 2.40. The fourth-order valence-electron chi connectivity index (χ4n) is 2.17. The SMILES string of the molecule is BNCCC(C1CC1)C(B)N(C)C(=O)S. The van der Waals surface area contributed by atoms with Crippen molar-refractivity contribution < 1.29 is 4.79 Å². The summed E-state index contributed by atoms with van der Waals surface area (Å²) in [6, 6.07) is 0. The Morgan fingerprint density at radius 2 is 2.27 bits per heavy atom. The Balaban J connectivity index is 2.50. The average Bonchev–Trinajstić information content (AvgIpc) is 3.00. The Morgan fingerprint density at radius 1 is 1.67 bits per heavy atom. The number of carbonyl (C=O) groups excluding carboxylic acids is 1. The van der Waals surface area contributed by atoms with Crippen LogP contribution in [0.15, 0.2) is 0 Å². The van der Waals surface area contributed by atoms with Crippen LogP contribution in [-0.4, -0.2) is 45.5 Å². The number of nitrogens with zero attached hydrogens (tertiary/aromatic N) is 1. The van der Waals surface area contributed by atoms with Gasteiger partial charge in [0, 0.05) is 13.0 Å². The van der Waals surface area contributed by atoms with E-state index in [1.54, 1.807) is 4.90 Å². The van der Waals surface area contributed by atoms with Crippen molar-refractivity contribution in [2.75, 3.05) is 13.6 Å². The molecule has 1 fully saturated rings. The summed E-state index contributed by atoms with van der Waals surface area (Å²) in [6.07, 6.45) is 3.80. The van der Waals surface area contributed by atoms with Gasteiger partial charge in [-0.05, 0) is 37.6 Å². The van der Waals surface area contributed by atoms with Gasteiger partial charge in [0.15, 0.2) is 7.98 Å². The summed E-state index contributed by atoms with van der Waals surface area (Å²) in [7, 11) is 5.95. The first-order valence-corrected chi connectivity index (χ1v) is 6.13. The fourth-order valence-corrected chi connectivity index (χ4v) is 2.35. The van der Waals surface area contributed by atoms with E-state index in [2.05, 4.69) is 25.7 Å². The second-order valence-electron chi connectivity index (χ2n) is 4.53. The highest BCUT2D eigenvalue weighted by atomic mass is 32.1. The van der Waals surface area contributed by atoms with Crippen LogP contribution in [0.3, 0.4) is 0 Å². The molecule has 1 saturated carbocycles. The summed E-state index contributed by atoms with van der Waals surface area (Å²) in [5.41, 5.74) is 0. The molecule has 0 radical (unpaired) electrons. The number of hydrogen-bond acceptors (Lipinski definition) is 2. The molecular weight excluding hydrogens is 206 g/mol. The Kier molecular flexibility index (Phi) is 5.06. The highest BCUT2D eigenvalue weighted by molar-refractivity contribution is 7.96. The van der Waals surface area contributed by atoms with Crippen LogP contribution >= 0.6 is 12.6 Å². The molecule has 0 aromatic heterocycles. The molecule has 0 bridgehead atoms. The molecule has 0 aliphatic heterocycles. The Hall–Kier alpha value is -0.0901. The number of amides is 1. The molecule has 0 saturated heterocycles. The Morgan fingerprint density at radius 3 is 2.67 bits per heavy atom. The van der Waals surface area contributed by atoms with Gasteiger partial charge in [-0.25, -0.2) is 0 Å². The maximum Gasteiger partial charge on any atom is 0.277 e. The molecule has 3 nitrogen and oxygen atoms in total. The molecule has 1 aliphatic carbocycles. The van der Waals surface area contributed by atoms with Crippen LogP contribution in [0.1, 0.15) is 19.3 Å². The lowest BCUT2D eigenvalue weighted by molar-refractivity contribution is 0.208. The zero-order valence-corrected chi connectivity index (χ0v) is 10.8. The van der Waals surface area contributed by atoms with Crippen LogP contribution in [0.2, 0.25) is 0 Å². The number of thiol groups is 1. The van der Waals surface area contributed by atoms with Gasteiger partial charge in [0.05, 0.1) is 0 Å². The molecule has 0 aromatic rings. The number of carbonyl (C=O) groups is 1. The van der Waals surface area contributed by atoms with Crippen molar-refractivity contribution in [2.24, 2.45) is 11.8 Å². The van der Waals surface area contributed by atoms with E-state index in [9.17, 15) is 4.79 Å². The first-order chi connectivity index (χ1) is 7.07. The van der Waals surface area contributed by atoms with Crippen molar-refractivity contribution in [3.05, 3.63) is 0 Å². The van der Waals surface area contributed by atoms with E-state index in [0.29, 0.717) is 11.9 Å². The summed E-state index contributed by atoms with van der Waals surface area (Å²) >= 11 is 3.88. The van der Waals surface area contributed by atoms with Crippen molar-refractivity contribution in [1.82, 2.24) is 10.1 Å². The normalized spacial score (nSPS) is 19.6. The number of rotatable bonds is 6. The predicted molar refractivity (Wildman–Crippen MR) is 71.9 cm³/mol. The average molecular weight is 226 g/mol. The molecule has 0 aromatic carbocycles. The predicted octanol–water partition coefficient (Wildman–Crippen LogP) is -0.519. The standard InChI is InChI=1S/C9H20B2N2OS/c1-13(9(14)15)8(10)7(4-5-12-11)6-2-3-6/h6-8,12H,2-5,10-11H2,1H3,(H,14,15). The molecular formula is C9H20B2N2OS.